The molecular formula is C17H21F3O3. The maximum absolute atomic E-state index is 12.0. The molecule has 0 aliphatic rings. The highest BCUT2D eigenvalue weighted by molar-refractivity contribution is 5.89. The van der Waals surface area contributed by atoms with Crippen LogP contribution in [0.3, 0.4) is 0 Å². The molecule has 23 heavy (non-hydrogen) atoms. The molecule has 0 amide bonds. The fraction of sp³-hybridized carbons (Fsp3) is 0.471. The smallest absolute Gasteiger partial charge is 0.422 e. The third kappa shape index (κ3) is 8.28. The van der Waals surface area contributed by atoms with Crippen molar-refractivity contribution in [3.63, 3.8) is 0 Å². The van der Waals surface area contributed by atoms with Crippen molar-refractivity contribution >= 4 is 5.97 Å². The lowest BCUT2D eigenvalue weighted by molar-refractivity contribution is -0.153. The van der Waals surface area contributed by atoms with Crippen molar-refractivity contribution in [2.24, 2.45) is 5.92 Å². The van der Waals surface area contributed by atoms with Crippen LogP contribution < -0.4 is 4.74 Å². The lowest BCUT2D eigenvalue weighted by Crippen LogP contribution is -2.19. The van der Waals surface area contributed by atoms with Gasteiger partial charge in [-0.25, -0.2) is 4.79 Å². The molecule has 0 N–H and O–H groups in total. The number of rotatable bonds is 8. The molecule has 0 heterocycles. The molecule has 0 saturated carbocycles. The first kappa shape index (κ1) is 19.1. The van der Waals surface area contributed by atoms with E-state index in [0.717, 1.165) is 12.8 Å². The van der Waals surface area contributed by atoms with Gasteiger partial charge in [-0.1, -0.05) is 19.1 Å². The van der Waals surface area contributed by atoms with Gasteiger partial charge in [0, 0.05) is 0 Å². The quantitative estimate of drug-likeness (QED) is 0.508. The Bertz CT molecular complexity index is 507. The molecule has 0 radical (unpaired) electrons. The average Bonchev–Trinajstić information content (AvgIpc) is 2.50. The van der Waals surface area contributed by atoms with Crippen molar-refractivity contribution in [3.05, 3.63) is 42.0 Å². The summed E-state index contributed by atoms with van der Waals surface area (Å²) in [5.74, 6) is -0.201. The molecule has 1 rings (SSSR count). The van der Waals surface area contributed by atoms with E-state index >= 15 is 0 Å². The monoisotopic (exact) mass is 330 g/mol. The van der Waals surface area contributed by atoms with E-state index in [1.54, 1.807) is 0 Å². The van der Waals surface area contributed by atoms with E-state index in [2.05, 4.69) is 10.8 Å². The molecule has 0 aliphatic heterocycles. The number of benzene rings is 1. The summed E-state index contributed by atoms with van der Waals surface area (Å²) in [6.45, 7) is 2.89. The van der Waals surface area contributed by atoms with Crippen LogP contribution in [0.5, 0.6) is 5.75 Å². The van der Waals surface area contributed by atoms with Gasteiger partial charge in [-0.3, -0.25) is 0 Å². The van der Waals surface area contributed by atoms with Gasteiger partial charge < -0.3 is 9.47 Å². The van der Waals surface area contributed by atoms with E-state index in [-0.39, 0.29) is 17.2 Å². The Morgan fingerprint density at radius 1 is 1.26 bits per heavy atom. The number of allylic oxidation sites excluding steroid dienone is 2. The highest BCUT2D eigenvalue weighted by Crippen LogP contribution is 2.19. The summed E-state index contributed by atoms with van der Waals surface area (Å²) in [6.07, 6.45) is 1.49. The van der Waals surface area contributed by atoms with Gasteiger partial charge in [-0.05, 0) is 49.9 Å². The van der Waals surface area contributed by atoms with Crippen LogP contribution in [0, 0.1) is 5.92 Å². The third-order valence-corrected chi connectivity index (χ3v) is 3.05. The van der Waals surface area contributed by atoms with Crippen LogP contribution in [-0.2, 0) is 4.74 Å². The normalized spacial score (nSPS) is 13.1. The summed E-state index contributed by atoms with van der Waals surface area (Å²) in [5.41, 5.74) is 0.282. The molecule has 0 saturated heterocycles. The summed E-state index contributed by atoms with van der Waals surface area (Å²) in [6, 6.07) is 5.41. The van der Waals surface area contributed by atoms with Gasteiger partial charge in [0.05, 0.1) is 12.2 Å². The Hall–Kier alpha value is -1.98. The largest absolute Gasteiger partial charge is 0.484 e. The molecule has 0 aliphatic carbocycles. The Morgan fingerprint density at radius 2 is 1.91 bits per heavy atom. The summed E-state index contributed by atoms with van der Waals surface area (Å²) < 4.78 is 45.9. The van der Waals surface area contributed by atoms with Crippen molar-refractivity contribution in [2.75, 3.05) is 13.2 Å². The average molecular weight is 330 g/mol. The Morgan fingerprint density at radius 3 is 2.48 bits per heavy atom. The molecule has 128 valence electrons. The van der Waals surface area contributed by atoms with Gasteiger partial charge in [0.2, 0.25) is 0 Å². The van der Waals surface area contributed by atoms with E-state index in [4.69, 9.17) is 4.74 Å². The second kappa shape index (κ2) is 9.22. The van der Waals surface area contributed by atoms with Crippen molar-refractivity contribution < 1.29 is 27.4 Å². The molecule has 0 fully saturated rings. The molecule has 0 spiro atoms. The predicted octanol–water partition coefficient (Wildman–Crippen LogP) is 4.78. The van der Waals surface area contributed by atoms with Crippen molar-refractivity contribution in [2.45, 2.75) is 32.9 Å². The molecule has 1 aromatic rings. The molecule has 1 aromatic carbocycles. The number of halogens is 3. The summed E-state index contributed by atoms with van der Waals surface area (Å²) in [5, 5.41) is 0. The zero-order valence-corrected chi connectivity index (χ0v) is 13.2. The van der Waals surface area contributed by atoms with Crippen LogP contribution in [-0.4, -0.2) is 25.4 Å². The molecule has 1 unspecified atom stereocenters. The lowest BCUT2D eigenvalue weighted by Gasteiger charge is -2.12. The van der Waals surface area contributed by atoms with Crippen LogP contribution in [0.25, 0.3) is 0 Å². The van der Waals surface area contributed by atoms with Crippen LogP contribution in [0.15, 0.2) is 36.4 Å². The number of carbonyl (C=O) groups excluding carboxylic acids is 1. The zero-order chi connectivity index (χ0) is 17.3. The van der Waals surface area contributed by atoms with Gasteiger partial charge in [-0.2, -0.15) is 13.2 Å². The minimum atomic E-state index is -4.39. The Kier molecular flexibility index (Phi) is 7.65. The lowest BCUT2D eigenvalue weighted by atomic mass is 10.1. The number of hydrogen-bond acceptors (Lipinski definition) is 3. The Balaban J connectivity index is 2.42. The number of hydrogen-bond donors (Lipinski definition) is 0. The molecule has 0 aromatic heterocycles. The standard InChI is InChI=1S/C17H21F3O3/c1-3-4-5-6-13(2)11-22-16(21)14-7-9-15(10-8-14)23-12-17(18,19)20/h3-4,7-10,13H,5-6,11-12H2,1-2H3. The van der Waals surface area contributed by atoms with Crippen molar-refractivity contribution in [1.29, 1.82) is 0 Å². The summed E-state index contributed by atoms with van der Waals surface area (Å²) >= 11 is 0. The van der Waals surface area contributed by atoms with Gasteiger partial charge in [0.25, 0.3) is 0 Å². The maximum Gasteiger partial charge on any atom is 0.422 e. The number of ether oxygens (including phenoxy) is 2. The van der Waals surface area contributed by atoms with Crippen molar-refractivity contribution in [1.82, 2.24) is 0 Å². The van der Waals surface area contributed by atoms with E-state index in [0.29, 0.717) is 6.61 Å². The molecule has 1 atom stereocenters. The molecular weight excluding hydrogens is 309 g/mol. The first-order valence-corrected chi connectivity index (χ1v) is 7.39. The minimum Gasteiger partial charge on any atom is -0.484 e. The second-order valence-corrected chi connectivity index (χ2v) is 5.28. The van der Waals surface area contributed by atoms with Gasteiger partial charge >= 0.3 is 12.1 Å². The highest BCUT2D eigenvalue weighted by Gasteiger charge is 2.28. The van der Waals surface area contributed by atoms with Crippen LogP contribution in [0.1, 0.15) is 37.0 Å². The number of carbonyl (C=O) groups is 1. The summed E-state index contributed by atoms with van der Waals surface area (Å²) in [7, 11) is 0. The number of esters is 1. The number of alkyl halides is 3. The molecule has 3 nitrogen and oxygen atoms in total. The van der Waals surface area contributed by atoms with Crippen LogP contribution >= 0.6 is 0 Å². The molecule has 0 bridgehead atoms. The van der Waals surface area contributed by atoms with E-state index < -0.39 is 18.8 Å². The maximum atomic E-state index is 12.0. The third-order valence-electron chi connectivity index (χ3n) is 3.05. The van der Waals surface area contributed by atoms with Gasteiger partial charge in [0.15, 0.2) is 6.61 Å². The second-order valence-electron chi connectivity index (χ2n) is 5.28. The van der Waals surface area contributed by atoms with Gasteiger partial charge in [-0.15, -0.1) is 0 Å². The fourth-order valence-electron chi connectivity index (χ4n) is 1.78. The Labute approximate surface area is 134 Å². The van der Waals surface area contributed by atoms with Crippen molar-refractivity contribution in [3.8, 4) is 5.75 Å². The predicted molar refractivity (Wildman–Crippen MR) is 81.5 cm³/mol. The SMILES string of the molecule is CC=CCCC(C)COC(=O)c1ccc(OCC(F)(F)F)cc1. The van der Waals surface area contributed by atoms with E-state index in [1.807, 2.05) is 19.9 Å². The zero-order valence-electron chi connectivity index (χ0n) is 13.2. The minimum absolute atomic E-state index is 0.0543. The van der Waals surface area contributed by atoms with Gasteiger partial charge in [0.1, 0.15) is 5.75 Å². The topological polar surface area (TPSA) is 35.5 Å². The van der Waals surface area contributed by atoms with E-state index in [9.17, 15) is 18.0 Å². The fourth-order valence-corrected chi connectivity index (χ4v) is 1.78. The van der Waals surface area contributed by atoms with Crippen LogP contribution in [0.4, 0.5) is 13.2 Å². The van der Waals surface area contributed by atoms with E-state index in [1.165, 1.54) is 24.3 Å². The first-order chi connectivity index (χ1) is 10.8. The highest BCUT2D eigenvalue weighted by atomic mass is 19.4. The summed E-state index contributed by atoms with van der Waals surface area (Å²) in [4.78, 5) is 11.9. The first-order valence-electron chi connectivity index (χ1n) is 7.39. The van der Waals surface area contributed by atoms with Crippen LogP contribution in [0.2, 0.25) is 0 Å². The molecule has 6 heteroatoms.